The number of carboxylic acid groups (broad SMARTS) is 1. The molecule has 2 heterocycles. The minimum absolute atomic E-state index is 0.123. The Bertz CT molecular complexity index is 493. The van der Waals surface area contributed by atoms with Crippen LogP contribution >= 0.6 is 0 Å². The zero-order chi connectivity index (χ0) is 10.1. The summed E-state index contributed by atoms with van der Waals surface area (Å²) in [5.41, 5.74) is -0.123. The molecule has 0 unspecified atom stereocenters. The van der Waals surface area contributed by atoms with Crippen molar-refractivity contribution in [3.05, 3.63) is 18.1 Å². The molecule has 7 nitrogen and oxygen atoms in total. The van der Waals surface area contributed by atoms with Gasteiger partial charge in [-0.25, -0.2) is 9.78 Å². The molecule has 2 aromatic rings. The van der Waals surface area contributed by atoms with Crippen LogP contribution in [0.2, 0.25) is 0 Å². The predicted molar refractivity (Wildman–Crippen MR) is 44.3 cm³/mol. The van der Waals surface area contributed by atoms with Crippen molar-refractivity contribution >= 4 is 11.7 Å². The van der Waals surface area contributed by atoms with E-state index in [1.807, 2.05) is 0 Å². The highest BCUT2D eigenvalue weighted by molar-refractivity contribution is 5.86. The van der Waals surface area contributed by atoms with E-state index in [0.717, 1.165) is 0 Å². The molecule has 0 aliphatic carbocycles. The second-order valence-electron chi connectivity index (χ2n) is 2.46. The summed E-state index contributed by atoms with van der Waals surface area (Å²) in [4.78, 5) is 18.2. The molecule has 0 bridgehead atoms. The predicted octanol–water partition coefficient (Wildman–Crippen LogP) is -0.169. The van der Waals surface area contributed by atoms with Crippen molar-refractivity contribution in [2.24, 2.45) is 0 Å². The maximum absolute atomic E-state index is 10.7. The van der Waals surface area contributed by atoms with E-state index in [1.165, 1.54) is 24.0 Å². The van der Waals surface area contributed by atoms with Gasteiger partial charge in [-0.1, -0.05) is 0 Å². The lowest BCUT2D eigenvalue weighted by molar-refractivity contribution is 0.0690. The van der Waals surface area contributed by atoms with Crippen molar-refractivity contribution < 1.29 is 14.6 Å². The summed E-state index contributed by atoms with van der Waals surface area (Å²) in [6, 6.07) is 1.28. The summed E-state index contributed by atoms with van der Waals surface area (Å²) < 4.78 is 6.25. The Morgan fingerprint density at radius 3 is 3.07 bits per heavy atom. The van der Waals surface area contributed by atoms with E-state index in [1.54, 1.807) is 0 Å². The van der Waals surface area contributed by atoms with Crippen LogP contribution in [0.4, 0.5) is 0 Å². The van der Waals surface area contributed by atoms with E-state index in [2.05, 4.69) is 15.1 Å². The molecule has 0 aromatic carbocycles. The molecule has 2 aromatic heterocycles. The fourth-order valence-corrected chi connectivity index (χ4v) is 1.04. The molecule has 0 saturated carbocycles. The van der Waals surface area contributed by atoms with Gasteiger partial charge in [0.1, 0.15) is 6.33 Å². The highest BCUT2D eigenvalue weighted by Gasteiger charge is 2.11. The van der Waals surface area contributed by atoms with E-state index < -0.39 is 5.97 Å². The average molecular weight is 194 g/mol. The van der Waals surface area contributed by atoms with Crippen molar-refractivity contribution in [1.82, 2.24) is 19.6 Å². The number of rotatable bonds is 2. The van der Waals surface area contributed by atoms with Gasteiger partial charge in [0, 0.05) is 6.07 Å². The normalized spacial score (nSPS) is 10.4. The molecule has 1 N–H and O–H groups in total. The first kappa shape index (κ1) is 8.42. The van der Waals surface area contributed by atoms with Crippen molar-refractivity contribution in [2.45, 2.75) is 0 Å². The molecular formula is C7H6N4O3. The molecule has 0 atom stereocenters. The maximum Gasteiger partial charge on any atom is 0.354 e. The van der Waals surface area contributed by atoms with Crippen LogP contribution in [-0.2, 0) is 0 Å². The van der Waals surface area contributed by atoms with Gasteiger partial charge >= 0.3 is 5.97 Å². The average Bonchev–Trinajstić information content (AvgIpc) is 2.63. The highest BCUT2D eigenvalue weighted by atomic mass is 16.5. The lowest BCUT2D eigenvalue weighted by atomic mass is 10.4. The number of hydrogen-bond acceptors (Lipinski definition) is 5. The number of carboxylic acids is 1. The van der Waals surface area contributed by atoms with E-state index in [-0.39, 0.29) is 17.4 Å². The molecule has 0 aliphatic rings. The molecule has 72 valence electrons. The van der Waals surface area contributed by atoms with Crippen LogP contribution in [-0.4, -0.2) is 37.8 Å². The number of methoxy groups -OCH3 is 1. The molecule has 0 aliphatic heterocycles. The van der Waals surface area contributed by atoms with Gasteiger partial charge in [0.25, 0.3) is 5.78 Å². The number of aromatic carboxylic acids is 1. The number of hydrogen-bond donors (Lipinski definition) is 1. The number of carbonyl (C=O) groups is 1. The van der Waals surface area contributed by atoms with Gasteiger partial charge < -0.3 is 9.84 Å². The minimum atomic E-state index is -1.13. The van der Waals surface area contributed by atoms with E-state index in [4.69, 9.17) is 9.84 Å². The van der Waals surface area contributed by atoms with Crippen LogP contribution in [0.5, 0.6) is 5.88 Å². The molecule has 0 saturated heterocycles. The van der Waals surface area contributed by atoms with Gasteiger partial charge in [-0.05, 0) is 0 Å². The van der Waals surface area contributed by atoms with Gasteiger partial charge in [0.05, 0.1) is 7.11 Å². The first-order valence-electron chi connectivity index (χ1n) is 3.70. The molecular weight excluding hydrogens is 188 g/mol. The number of fused-ring (bicyclic) bond motifs is 1. The fraction of sp³-hybridized carbons (Fsp3) is 0.143. The van der Waals surface area contributed by atoms with Gasteiger partial charge in [0.15, 0.2) is 5.69 Å². The van der Waals surface area contributed by atoms with Crippen LogP contribution in [0.3, 0.4) is 0 Å². The number of aromatic nitrogens is 4. The highest BCUT2D eigenvalue weighted by Crippen LogP contribution is 2.12. The lowest BCUT2D eigenvalue weighted by Gasteiger charge is -2.02. The summed E-state index contributed by atoms with van der Waals surface area (Å²) in [7, 11) is 1.42. The standard InChI is InChI=1S/C7H6N4O3/c1-14-5-2-4(6(12)13)10-7-8-3-9-11(5)7/h2-3H,1H3,(H,12,13). The van der Waals surface area contributed by atoms with E-state index in [9.17, 15) is 4.79 Å². The molecule has 0 amide bonds. The Morgan fingerprint density at radius 2 is 2.43 bits per heavy atom. The maximum atomic E-state index is 10.7. The van der Waals surface area contributed by atoms with E-state index in [0.29, 0.717) is 0 Å². The zero-order valence-electron chi connectivity index (χ0n) is 7.21. The Kier molecular flexibility index (Phi) is 1.77. The first-order chi connectivity index (χ1) is 6.72. The Labute approximate surface area is 78.0 Å². The third-order valence-electron chi connectivity index (χ3n) is 1.65. The smallest absolute Gasteiger partial charge is 0.354 e. The molecule has 0 radical (unpaired) electrons. The Balaban J connectivity index is 2.73. The Morgan fingerprint density at radius 1 is 1.64 bits per heavy atom. The van der Waals surface area contributed by atoms with Crippen LogP contribution < -0.4 is 4.74 Å². The number of nitrogens with zero attached hydrogens (tertiary/aromatic N) is 4. The van der Waals surface area contributed by atoms with Gasteiger partial charge in [-0.3, -0.25) is 0 Å². The largest absolute Gasteiger partial charge is 0.481 e. The van der Waals surface area contributed by atoms with Gasteiger partial charge in [-0.2, -0.15) is 14.6 Å². The van der Waals surface area contributed by atoms with Gasteiger partial charge in [0.2, 0.25) is 5.88 Å². The van der Waals surface area contributed by atoms with Crippen LogP contribution in [0, 0.1) is 0 Å². The third-order valence-corrected chi connectivity index (χ3v) is 1.65. The quantitative estimate of drug-likeness (QED) is 0.713. The summed E-state index contributed by atoms with van der Waals surface area (Å²) in [5.74, 6) is -0.652. The van der Waals surface area contributed by atoms with Gasteiger partial charge in [-0.15, -0.1) is 0 Å². The fourth-order valence-electron chi connectivity index (χ4n) is 1.04. The topological polar surface area (TPSA) is 89.6 Å². The summed E-state index contributed by atoms with van der Waals surface area (Å²) in [6.45, 7) is 0. The first-order valence-corrected chi connectivity index (χ1v) is 3.70. The van der Waals surface area contributed by atoms with Crippen molar-refractivity contribution in [3.63, 3.8) is 0 Å². The van der Waals surface area contributed by atoms with Crippen molar-refractivity contribution in [3.8, 4) is 5.88 Å². The second-order valence-corrected chi connectivity index (χ2v) is 2.46. The van der Waals surface area contributed by atoms with Crippen LogP contribution in [0.15, 0.2) is 12.4 Å². The van der Waals surface area contributed by atoms with Crippen molar-refractivity contribution in [1.29, 1.82) is 0 Å². The minimum Gasteiger partial charge on any atom is -0.481 e. The van der Waals surface area contributed by atoms with E-state index >= 15 is 0 Å². The second kappa shape index (κ2) is 2.95. The monoisotopic (exact) mass is 194 g/mol. The van der Waals surface area contributed by atoms with Crippen LogP contribution in [0.25, 0.3) is 5.78 Å². The summed E-state index contributed by atoms with van der Waals surface area (Å²) in [6.07, 6.45) is 1.27. The summed E-state index contributed by atoms with van der Waals surface area (Å²) >= 11 is 0. The zero-order valence-corrected chi connectivity index (χ0v) is 7.21. The molecule has 0 fully saturated rings. The van der Waals surface area contributed by atoms with Crippen LogP contribution in [0.1, 0.15) is 10.5 Å². The molecule has 7 heteroatoms. The SMILES string of the molecule is COc1cc(C(=O)O)nc2ncnn12. The van der Waals surface area contributed by atoms with Crippen molar-refractivity contribution in [2.75, 3.05) is 7.11 Å². The molecule has 0 spiro atoms. The Hall–Kier alpha value is -2.18. The molecule has 2 rings (SSSR count). The number of ether oxygens (including phenoxy) is 1. The third kappa shape index (κ3) is 1.15. The summed E-state index contributed by atoms with van der Waals surface area (Å²) in [5, 5.41) is 12.5. The molecule has 14 heavy (non-hydrogen) atoms. The lowest BCUT2D eigenvalue weighted by Crippen LogP contribution is -2.05.